The molecule has 2 aromatic rings. The number of aliphatic imine (C=N–C) groups is 1. The maximum absolute atomic E-state index is 13.3. The molecular weight excluding hydrogens is 434 g/mol. The lowest BCUT2D eigenvalue weighted by atomic mass is 10.2. The van der Waals surface area contributed by atoms with E-state index in [1.807, 2.05) is 13.8 Å². The van der Waals surface area contributed by atoms with Crippen LogP contribution < -0.4 is 4.74 Å². The molecule has 3 rings (SSSR count). The lowest BCUT2D eigenvalue weighted by Gasteiger charge is -2.12. The summed E-state index contributed by atoms with van der Waals surface area (Å²) in [5.41, 5.74) is 1.35. The van der Waals surface area contributed by atoms with Crippen LogP contribution in [-0.4, -0.2) is 29.1 Å². The normalized spacial score (nSPS) is 16.9. The number of likely N-dealkylation sites (N-methyl/N-ethyl adjacent to an activating group) is 1. The maximum Gasteiger partial charge on any atom is 0.266 e. The summed E-state index contributed by atoms with van der Waals surface area (Å²) < 4.78 is 19.0. The number of thioether (sulfide) groups is 1. The number of amidine groups is 1. The van der Waals surface area contributed by atoms with Gasteiger partial charge >= 0.3 is 0 Å². The van der Waals surface area contributed by atoms with E-state index in [-0.39, 0.29) is 18.3 Å². The molecule has 1 heterocycles. The first-order valence-corrected chi connectivity index (χ1v) is 10.6. The van der Waals surface area contributed by atoms with Crippen LogP contribution in [-0.2, 0) is 11.4 Å². The molecule has 0 saturated carbocycles. The smallest absolute Gasteiger partial charge is 0.266 e. The fraction of sp³-hybridized carbons (Fsp3) is 0.238. The number of hydrogen-bond donors (Lipinski definition) is 0. The van der Waals surface area contributed by atoms with Crippen molar-refractivity contribution in [3.05, 3.63) is 68.3 Å². The minimum atomic E-state index is -0.337. The van der Waals surface area contributed by atoms with Crippen molar-refractivity contribution in [2.24, 2.45) is 4.99 Å². The number of nitrogens with zero attached hydrogens (tertiary/aromatic N) is 2. The lowest BCUT2D eigenvalue weighted by Crippen LogP contribution is -2.28. The highest BCUT2D eigenvalue weighted by atomic mass is 35.5. The summed E-state index contributed by atoms with van der Waals surface area (Å²) in [4.78, 5) is 19.2. The van der Waals surface area contributed by atoms with Gasteiger partial charge in [-0.1, -0.05) is 35.3 Å². The van der Waals surface area contributed by atoms with E-state index in [9.17, 15) is 9.18 Å². The molecule has 0 radical (unpaired) electrons. The number of carbonyl (C=O) groups excluding carboxylic acids is 1. The van der Waals surface area contributed by atoms with Gasteiger partial charge in [0.2, 0.25) is 0 Å². The van der Waals surface area contributed by atoms with Crippen LogP contribution in [0.15, 0.2) is 46.3 Å². The molecule has 0 spiro atoms. The number of hydrogen-bond acceptors (Lipinski definition) is 4. The number of rotatable bonds is 6. The molecule has 2 aromatic carbocycles. The molecule has 1 amide bonds. The third-order valence-electron chi connectivity index (χ3n) is 4.09. The Hall–Kier alpha value is -2.02. The highest BCUT2D eigenvalue weighted by Gasteiger charge is 2.31. The molecular formula is C21H19Cl2FN2O2S. The first-order valence-electron chi connectivity index (χ1n) is 9.05. The highest BCUT2D eigenvalue weighted by Crippen LogP contribution is 2.37. The lowest BCUT2D eigenvalue weighted by molar-refractivity contribution is -0.122. The number of ether oxygens (including phenoxy) is 1. The second-order valence-corrected chi connectivity index (χ2v) is 7.97. The van der Waals surface area contributed by atoms with Crippen molar-refractivity contribution in [3.63, 3.8) is 0 Å². The number of amides is 1. The van der Waals surface area contributed by atoms with Crippen molar-refractivity contribution in [2.75, 3.05) is 13.1 Å². The Bertz CT molecular complexity index is 971. The third-order valence-corrected chi connectivity index (χ3v) is 5.69. The van der Waals surface area contributed by atoms with E-state index in [1.54, 1.807) is 35.2 Å². The van der Waals surface area contributed by atoms with Crippen LogP contribution in [0.5, 0.6) is 5.75 Å². The van der Waals surface area contributed by atoms with Gasteiger partial charge in [-0.25, -0.2) is 4.39 Å². The maximum atomic E-state index is 13.3. The second-order valence-electron chi connectivity index (χ2n) is 6.15. The van der Waals surface area contributed by atoms with Gasteiger partial charge in [0, 0.05) is 13.1 Å². The summed E-state index contributed by atoms with van der Waals surface area (Å²) in [7, 11) is 0. The molecule has 1 saturated heterocycles. The van der Waals surface area contributed by atoms with Gasteiger partial charge in [-0.05, 0) is 67.1 Å². The molecule has 0 atom stereocenters. The number of carbonyl (C=O) groups is 1. The van der Waals surface area contributed by atoms with E-state index in [4.69, 9.17) is 27.9 Å². The molecule has 4 nitrogen and oxygen atoms in total. The average molecular weight is 453 g/mol. The summed E-state index contributed by atoms with van der Waals surface area (Å²) in [6, 6.07) is 9.48. The molecule has 1 fully saturated rings. The van der Waals surface area contributed by atoms with E-state index < -0.39 is 0 Å². The predicted octanol–water partition coefficient (Wildman–Crippen LogP) is 6.02. The summed E-state index contributed by atoms with van der Waals surface area (Å²) >= 11 is 14.0. The van der Waals surface area contributed by atoms with Crippen LogP contribution in [0.2, 0.25) is 10.0 Å². The van der Waals surface area contributed by atoms with Gasteiger partial charge in [0.05, 0.1) is 15.0 Å². The number of halogens is 3. The number of benzene rings is 2. The first kappa shape index (κ1) is 21.7. The van der Waals surface area contributed by atoms with Gasteiger partial charge in [-0.3, -0.25) is 14.7 Å². The van der Waals surface area contributed by atoms with Crippen molar-refractivity contribution < 1.29 is 13.9 Å². The fourth-order valence-electron chi connectivity index (χ4n) is 2.77. The molecule has 1 aliphatic heterocycles. The van der Waals surface area contributed by atoms with Gasteiger partial charge < -0.3 is 4.74 Å². The van der Waals surface area contributed by atoms with Crippen molar-refractivity contribution in [3.8, 4) is 5.75 Å². The van der Waals surface area contributed by atoms with Crippen LogP contribution in [0.25, 0.3) is 6.08 Å². The Morgan fingerprint density at radius 2 is 1.93 bits per heavy atom. The van der Waals surface area contributed by atoms with Gasteiger partial charge in [-0.15, -0.1) is 0 Å². The van der Waals surface area contributed by atoms with E-state index in [0.717, 1.165) is 0 Å². The largest absolute Gasteiger partial charge is 0.486 e. The van der Waals surface area contributed by atoms with Crippen LogP contribution in [0.3, 0.4) is 0 Å². The quantitative estimate of drug-likeness (QED) is 0.502. The molecule has 29 heavy (non-hydrogen) atoms. The average Bonchev–Trinajstić information content (AvgIpc) is 2.96. The van der Waals surface area contributed by atoms with Crippen molar-refractivity contribution in [2.45, 2.75) is 20.5 Å². The first-order chi connectivity index (χ1) is 13.9. The molecule has 0 N–H and O–H groups in total. The molecule has 1 aliphatic rings. The Morgan fingerprint density at radius 3 is 2.55 bits per heavy atom. The monoisotopic (exact) mass is 452 g/mol. The highest BCUT2D eigenvalue weighted by molar-refractivity contribution is 8.18. The van der Waals surface area contributed by atoms with Crippen molar-refractivity contribution in [1.82, 2.24) is 4.90 Å². The third kappa shape index (κ3) is 5.13. The zero-order valence-electron chi connectivity index (χ0n) is 15.9. The van der Waals surface area contributed by atoms with Crippen molar-refractivity contribution >= 4 is 52.1 Å². The Labute approximate surface area is 183 Å². The van der Waals surface area contributed by atoms with Gasteiger partial charge in [0.1, 0.15) is 12.4 Å². The molecule has 0 aliphatic carbocycles. The van der Waals surface area contributed by atoms with E-state index in [0.29, 0.717) is 50.1 Å². The van der Waals surface area contributed by atoms with Crippen LogP contribution in [0.1, 0.15) is 25.0 Å². The van der Waals surface area contributed by atoms with Crippen LogP contribution in [0.4, 0.5) is 4.39 Å². The molecule has 8 heteroatoms. The summed E-state index contributed by atoms with van der Waals surface area (Å²) in [5, 5.41) is 1.32. The Kier molecular flexibility index (Phi) is 7.22. The molecule has 0 unspecified atom stereocenters. The minimum Gasteiger partial charge on any atom is -0.486 e. The fourth-order valence-corrected chi connectivity index (χ4v) is 4.49. The molecule has 0 aromatic heterocycles. The Morgan fingerprint density at radius 1 is 1.21 bits per heavy atom. The second kappa shape index (κ2) is 9.65. The minimum absolute atomic E-state index is 0.0941. The van der Waals surface area contributed by atoms with E-state index in [1.165, 1.54) is 23.9 Å². The van der Waals surface area contributed by atoms with Crippen LogP contribution >= 0.6 is 35.0 Å². The standard InChI is InChI=1S/C21H19Cl2FN2O2S/c1-3-25-21-26(4-2)20(27)18(29-21)11-14-9-16(22)19(17(23)10-14)28-12-13-6-5-7-15(24)8-13/h5-11H,3-4,12H2,1-2H3/b18-11-,25-21?. The van der Waals surface area contributed by atoms with E-state index >= 15 is 0 Å². The zero-order valence-corrected chi connectivity index (χ0v) is 18.2. The summed E-state index contributed by atoms with van der Waals surface area (Å²) in [6.45, 7) is 5.12. The molecule has 0 bridgehead atoms. The molecule has 152 valence electrons. The zero-order chi connectivity index (χ0) is 21.0. The van der Waals surface area contributed by atoms with Gasteiger partial charge in [0.15, 0.2) is 10.9 Å². The SMILES string of the molecule is CCN=C1S/C(=C\c2cc(Cl)c(OCc3cccc(F)c3)c(Cl)c2)C(=O)N1CC. The Balaban J connectivity index is 1.81. The van der Waals surface area contributed by atoms with Gasteiger partial charge in [0.25, 0.3) is 5.91 Å². The summed E-state index contributed by atoms with van der Waals surface area (Å²) in [6.07, 6.45) is 1.74. The topological polar surface area (TPSA) is 41.9 Å². The van der Waals surface area contributed by atoms with Gasteiger partial charge in [-0.2, -0.15) is 0 Å². The van der Waals surface area contributed by atoms with Crippen LogP contribution in [0, 0.1) is 5.82 Å². The van der Waals surface area contributed by atoms with E-state index in [2.05, 4.69) is 4.99 Å². The predicted molar refractivity (Wildman–Crippen MR) is 118 cm³/mol. The summed E-state index contributed by atoms with van der Waals surface area (Å²) in [5.74, 6) is -0.118. The van der Waals surface area contributed by atoms with Crippen molar-refractivity contribution in [1.29, 1.82) is 0 Å².